The number of aromatic amines is 1. The molecule has 78 valence electrons. The van der Waals surface area contributed by atoms with Crippen molar-refractivity contribution in [2.45, 2.75) is 13.0 Å². The molecule has 2 aromatic rings. The summed E-state index contributed by atoms with van der Waals surface area (Å²) in [5, 5.41) is 0.479. The van der Waals surface area contributed by atoms with E-state index in [4.69, 9.17) is 4.74 Å². The summed E-state index contributed by atoms with van der Waals surface area (Å²) < 4.78 is 18.3. The molecule has 0 aliphatic carbocycles. The highest BCUT2D eigenvalue weighted by Crippen LogP contribution is 2.27. The summed E-state index contributed by atoms with van der Waals surface area (Å²) in [6.45, 7) is 2.06. The number of halogens is 1. The molecule has 15 heavy (non-hydrogen) atoms. The molecule has 1 atom stereocenters. The van der Waals surface area contributed by atoms with Crippen molar-refractivity contribution in [1.29, 1.82) is 0 Å². The molecule has 2 rings (SSSR count). The van der Waals surface area contributed by atoms with Crippen LogP contribution in [0.1, 0.15) is 18.6 Å². The van der Waals surface area contributed by atoms with Crippen molar-refractivity contribution in [1.82, 2.24) is 4.98 Å². The average Bonchev–Trinajstić information content (AvgIpc) is 2.63. The van der Waals surface area contributed by atoms with E-state index in [2.05, 4.69) is 4.98 Å². The number of fused-ring (bicyclic) bond motifs is 1. The largest absolute Gasteiger partial charge is 0.460 e. The molecule has 0 radical (unpaired) electrons. The molecule has 0 saturated heterocycles. The molecule has 0 fully saturated rings. The minimum absolute atomic E-state index is 0.315. The number of rotatable bonds is 3. The molecule has 0 saturated carbocycles. The molecule has 1 aromatic carbocycles. The van der Waals surface area contributed by atoms with Crippen LogP contribution in [0.3, 0.4) is 0 Å². The number of ether oxygens (including phenoxy) is 1. The number of hydrogen-bond acceptors (Lipinski definition) is 2. The van der Waals surface area contributed by atoms with Crippen LogP contribution >= 0.6 is 0 Å². The van der Waals surface area contributed by atoms with Gasteiger partial charge in [-0.25, -0.2) is 4.39 Å². The lowest BCUT2D eigenvalue weighted by Gasteiger charge is -2.07. The summed E-state index contributed by atoms with van der Waals surface area (Å²) in [6.07, 6.45) is 1.20. The molecular formula is C11H10FNO2. The number of benzene rings is 1. The van der Waals surface area contributed by atoms with E-state index in [0.29, 0.717) is 22.9 Å². The van der Waals surface area contributed by atoms with Crippen LogP contribution in [-0.4, -0.2) is 11.5 Å². The predicted molar refractivity (Wildman–Crippen MR) is 53.8 cm³/mol. The molecule has 1 aromatic heterocycles. The Morgan fingerprint density at radius 3 is 3.07 bits per heavy atom. The number of carbonyl (C=O) groups excluding carboxylic acids is 1. The highest BCUT2D eigenvalue weighted by Gasteiger charge is 2.14. The van der Waals surface area contributed by atoms with Gasteiger partial charge in [-0.3, -0.25) is 4.79 Å². The van der Waals surface area contributed by atoms with E-state index in [0.717, 1.165) is 0 Å². The minimum atomic E-state index is -0.451. The Bertz CT molecular complexity index is 492. The molecule has 0 aliphatic heterocycles. The third-order valence-corrected chi connectivity index (χ3v) is 2.38. The van der Waals surface area contributed by atoms with Crippen molar-refractivity contribution in [3.63, 3.8) is 0 Å². The fourth-order valence-corrected chi connectivity index (χ4v) is 1.64. The zero-order valence-corrected chi connectivity index (χ0v) is 8.16. The molecule has 0 aliphatic rings. The maximum Gasteiger partial charge on any atom is 0.293 e. The summed E-state index contributed by atoms with van der Waals surface area (Å²) in [6, 6.07) is 4.78. The van der Waals surface area contributed by atoms with Gasteiger partial charge < -0.3 is 9.72 Å². The van der Waals surface area contributed by atoms with Crippen LogP contribution in [-0.2, 0) is 9.53 Å². The quantitative estimate of drug-likeness (QED) is 0.786. The van der Waals surface area contributed by atoms with E-state index >= 15 is 0 Å². The Balaban J connectivity index is 2.56. The molecular weight excluding hydrogens is 197 g/mol. The monoisotopic (exact) mass is 207 g/mol. The van der Waals surface area contributed by atoms with E-state index in [-0.39, 0.29) is 5.82 Å². The lowest BCUT2D eigenvalue weighted by molar-refractivity contribution is -0.133. The Hall–Kier alpha value is -1.84. The standard InChI is InChI=1S/C11H10FNO2/c1-7(15-6-14)8-5-13-10-4-2-3-9(12)11(8)10/h2-7,13H,1H3. The van der Waals surface area contributed by atoms with Gasteiger partial charge in [-0.15, -0.1) is 0 Å². The van der Waals surface area contributed by atoms with Gasteiger partial charge in [0.1, 0.15) is 11.9 Å². The van der Waals surface area contributed by atoms with Crippen LogP contribution in [0.25, 0.3) is 10.9 Å². The van der Waals surface area contributed by atoms with E-state index in [1.54, 1.807) is 25.3 Å². The van der Waals surface area contributed by atoms with Crippen molar-refractivity contribution >= 4 is 17.4 Å². The number of H-pyrrole nitrogens is 1. The summed E-state index contributed by atoms with van der Waals surface area (Å²) in [4.78, 5) is 13.1. The fourth-order valence-electron chi connectivity index (χ4n) is 1.64. The molecule has 3 nitrogen and oxygen atoms in total. The van der Waals surface area contributed by atoms with Gasteiger partial charge >= 0.3 is 0 Å². The zero-order valence-electron chi connectivity index (χ0n) is 8.16. The molecule has 0 amide bonds. The van der Waals surface area contributed by atoms with Crippen molar-refractivity contribution in [3.8, 4) is 0 Å². The van der Waals surface area contributed by atoms with Crippen molar-refractivity contribution in [2.24, 2.45) is 0 Å². The minimum Gasteiger partial charge on any atom is -0.460 e. The zero-order chi connectivity index (χ0) is 10.8. The van der Waals surface area contributed by atoms with Gasteiger partial charge in [0.15, 0.2) is 0 Å². The van der Waals surface area contributed by atoms with E-state index < -0.39 is 6.10 Å². The maximum atomic E-state index is 13.5. The van der Waals surface area contributed by atoms with Crippen LogP contribution in [0.4, 0.5) is 4.39 Å². The average molecular weight is 207 g/mol. The van der Waals surface area contributed by atoms with Crippen molar-refractivity contribution < 1.29 is 13.9 Å². The first-order valence-corrected chi connectivity index (χ1v) is 4.58. The van der Waals surface area contributed by atoms with Crippen molar-refractivity contribution in [3.05, 3.63) is 35.8 Å². The van der Waals surface area contributed by atoms with E-state index in [1.165, 1.54) is 6.07 Å². The van der Waals surface area contributed by atoms with Crippen molar-refractivity contribution in [2.75, 3.05) is 0 Å². The van der Waals surface area contributed by atoms with Gasteiger partial charge in [-0.2, -0.15) is 0 Å². The first kappa shape index (κ1) is 9.71. The first-order valence-electron chi connectivity index (χ1n) is 4.58. The Morgan fingerprint density at radius 2 is 2.33 bits per heavy atom. The third-order valence-electron chi connectivity index (χ3n) is 2.38. The number of carbonyl (C=O) groups is 1. The summed E-state index contributed by atoms with van der Waals surface area (Å²) in [7, 11) is 0. The van der Waals surface area contributed by atoms with Crippen LogP contribution in [0, 0.1) is 5.82 Å². The lowest BCUT2D eigenvalue weighted by atomic mass is 10.1. The molecule has 4 heteroatoms. The molecule has 0 spiro atoms. The lowest BCUT2D eigenvalue weighted by Crippen LogP contribution is -1.97. The highest BCUT2D eigenvalue weighted by atomic mass is 19.1. The second-order valence-electron chi connectivity index (χ2n) is 3.28. The molecule has 1 unspecified atom stereocenters. The predicted octanol–water partition coefficient (Wildman–Crippen LogP) is 2.54. The third kappa shape index (κ3) is 1.58. The SMILES string of the molecule is CC(OC=O)c1c[nH]c2cccc(F)c12. The topological polar surface area (TPSA) is 42.1 Å². The first-order chi connectivity index (χ1) is 7.24. The number of nitrogens with one attached hydrogen (secondary N) is 1. The van der Waals surface area contributed by atoms with Gasteiger partial charge in [0.25, 0.3) is 6.47 Å². The molecule has 0 bridgehead atoms. The van der Waals surface area contributed by atoms with E-state index in [9.17, 15) is 9.18 Å². The molecule has 1 heterocycles. The van der Waals surface area contributed by atoms with Crippen LogP contribution in [0.15, 0.2) is 24.4 Å². The maximum absolute atomic E-state index is 13.5. The van der Waals surface area contributed by atoms with Crippen LogP contribution in [0.2, 0.25) is 0 Å². The second kappa shape index (κ2) is 3.73. The van der Waals surface area contributed by atoms with Gasteiger partial charge in [0.05, 0.1) is 0 Å². The Morgan fingerprint density at radius 1 is 1.53 bits per heavy atom. The molecule has 1 N–H and O–H groups in total. The normalized spacial score (nSPS) is 12.7. The summed E-state index contributed by atoms with van der Waals surface area (Å²) in [5.74, 6) is -0.315. The van der Waals surface area contributed by atoms with Crippen LogP contribution < -0.4 is 0 Å². The fraction of sp³-hybridized carbons (Fsp3) is 0.182. The van der Waals surface area contributed by atoms with E-state index in [1.807, 2.05) is 0 Å². The Kier molecular flexibility index (Phi) is 2.41. The van der Waals surface area contributed by atoms with Gasteiger partial charge in [0, 0.05) is 22.7 Å². The van der Waals surface area contributed by atoms with Crippen LogP contribution in [0.5, 0.6) is 0 Å². The number of hydrogen-bond donors (Lipinski definition) is 1. The Labute approximate surface area is 85.9 Å². The summed E-state index contributed by atoms with van der Waals surface area (Å²) >= 11 is 0. The highest BCUT2D eigenvalue weighted by molar-refractivity contribution is 5.84. The van der Waals surface area contributed by atoms with Gasteiger partial charge in [-0.1, -0.05) is 6.07 Å². The number of aromatic nitrogens is 1. The smallest absolute Gasteiger partial charge is 0.293 e. The summed E-state index contributed by atoms with van der Waals surface area (Å²) in [5.41, 5.74) is 1.35. The van der Waals surface area contributed by atoms with Gasteiger partial charge in [0.2, 0.25) is 0 Å². The van der Waals surface area contributed by atoms with Gasteiger partial charge in [-0.05, 0) is 19.1 Å². The second-order valence-corrected chi connectivity index (χ2v) is 3.28.